The van der Waals surface area contributed by atoms with Gasteiger partial charge in [-0.15, -0.1) is 5.76 Å². The van der Waals surface area contributed by atoms with Crippen LogP contribution in [0.3, 0.4) is 0 Å². The van der Waals surface area contributed by atoms with Crippen molar-refractivity contribution < 1.29 is 5.11 Å². The van der Waals surface area contributed by atoms with Gasteiger partial charge in [-0.05, 0) is 19.4 Å². The van der Waals surface area contributed by atoms with Gasteiger partial charge in [-0.2, -0.15) is 0 Å². The van der Waals surface area contributed by atoms with Gasteiger partial charge in [0.15, 0.2) is 0 Å². The van der Waals surface area contributed by atoms with Crippen LogP contribution in [0.25, 0.3) is 0 Å². The molecule has 1 aliphatic rings. The molecule has 0 N–H and O–H groups in total. The van der Waals surface area contributed by atoms with Crippen LogP contribution in [0.1, 0.15) is 20.8 Å². The van der Waals surface area contributed by atoms with Crippen molar-refractivity contribution in [2.24, 2.45) is 4.99 Å². The molecule has 1 aliphatic heterocycles. The van der Waals surface area contributed by atoms with Crippen molar-refractivity contribution in [3.8, 4) is 0 Å². The Balaban J connectivity index is 2.66. The lowest BCUT2D eigenvalue weighted by Crippen LogP contribution is -2.06. The molecule has 2 nitrogen and oxygen atoms in total. The number of allylic oxidation sites excluding steroid dienone is 1. The molecule has 0 aromatic rings. The summed E-state index contributed by atoms with van der Waals surface area (Å²) in [6, 6.07) is 0.314. The van der Waals surface area contributed by atoms with Crippen molar-refractivity contribution in [3.05, 3.63) is 11.3 Å². The highest BCUT2D eigenvalue weighted by molar-refractivity contribution is 6.12. The van der Waals surface area contributed by atoms with E-state index in [0.29, 0.717) is 6.04 Å². The molecule has 1 unspecified atom stereocenters. The molecule has 1 atom stereocenters. The second-order valence-electron chi connectivity index (χ2n) is 2.37. The van der Waals surface area contributed by atoms with Crippen molar-refractivity contribution in [1.82, 2.24) is 0 Å². The quantitative estimate of drug-likeness (QED) is 0.468. The summed E-state index contributed by atoms with van der Waals surface area (Å²) in [5.41, 5.74) is 1.81. The Morgan fingerprint density at radius 2 is 2.00 bits per heavy atom. The summed E-state index contributed by atoms with van der Waals surface area (Å²) in [6.07, 6.45) is 0. The van der Waals surface area contributed by atoms with E-state index in [2.05, 4.69) is 4.99 Å². The van der Waals surface area contributed by atoms with Crippen LogP contribution in [-0.2, 0) is 0 Å². The standard InChI is InChI=1S/C7H11NO/c1-4(6(3)9)7-5(2)8-7/h5,9H,1-3H3/p-1. The minimum Gasteiger partial charge on any atom is -0.875 e. The first kappa shape index (κ1) is 6.33. The maximum absolute atomic E-state index is 10.7. The normalized spacial score (nSPS) is 27.0. The van der Waals surface area contributed by atoms with Crippen molar-refractivity contribution in [1.29, 1.82) is 0 Å². The predicted octanol–water partition coefficient (Wildman–Crippen LogP) is 0.484. The highest BCUT2D eigenvalue weighted by Gasteiger charge is 2.22. The van der Waals surface area contributed by atoms with Gasteiger partial charge in [0.2, 0.25) is 0 Å². The third-order valence-electron chi connectivity index (χ3n) is 1.57. The van der Waals surface area contributed by atoms with Crippen LogP contribution in [0, 0.1) is 0 Å². The van der Waals surface area contributed by atoms with Gasteiger partial charge in [0.1, 0.15) is 0 Å². The van der Waals surface area contributed by atoms with Crippen molar-refractivity contribution in [3.63, 3.8) is 0 Å². The minimum absolute atomic E-state index is 0.137. The van der Waals surface area contributed by atoms with Gasteiger partial charge in [-0.25, -0.2) is 0 Å². The molecule has 2 heteroatoms. The summed E-state index contributed by atoms with van der Waals surface area (Å²) in [5, 5.41) is 10.7. The predicted molar refractivity (Wildman–Crippen MR) is 35.3 cm³/mol. The highest BCUT2D eigenvalue weighted by Crippen LogP contribution is 2.18. The molecule has 0 amide bonds. The lowest BCUT2D eigenvalue weighted by molar-refractivity contribution is -0.302. The monoisotopic (exact) mass is 124 g/mol. The Hall–Kier alpha value is -0.790. The van der Waals surface area contributed by atoms with Crippen molar-refractivity contribution in [2.45, 2.75) is 26.8 Å². The molecular formula is C7H10NO-. The molecule has 0 aromatic carbocycles. The van der Waals surface area contributed by atoms with E-state index in [1.807, 2.05) is 13.8 Å². The zero-order valence-electron chi connectivity index (χ0n) is 5.93. The maximum atomic E-state index is 10.7. The third kappa shape index (κ3) is 1.12. The van der Waals surface area contributed by atoms with Gasteiger partial charge < -0.3 is 5.11 Å². The molecule has 0 bridgehead atoms. The van der Waals surface area contributed by atoms with Crippen LogP contribution in [0.5, 0.6) is 0 Å². The van der Waals surface area contributed by atoms with Gasteiger partial charge in [-0.3, -0.25) is 4.99 Å². The fourth-order valence-electron chi connectivity index (χ4n) is 0.762. The Morgan fingerprint density at radius 3 is 2.11 bits per heavy atom. The largest absolute Gasteiger partial charge is 0.875 e. The molecule has 9 heavy (non-hydrogen) atoms. The van der Waals surface area contributed by atoms with Gasteiger partial charge >= 0.3 is 0 Å². The molecule has 1 heterocycles. The van der Waals surface area contributed by atoms with Crippen LogP contribution in [0.15, 0.2) is 16.3 Å². The van der Waals surface area contributed by atoms with E-state index in [1.165, 1.54) is 0 Å². The highest BCUT2D eigenvalue weighted by atomic mass is 16.3. The molecule has 0 fully saturated rings. The summed E-state index contributed by atoms with van der Waals surface area (Å²) in [6.45, 7) is 5.38. The van der Waals surface area contributed by atoms with Crippen LogP contribution in [0.4, 0.5) is 0 Å². The Kier molecular flexibility index (Phi) is 1.31. The average Bonchev–Trinajstić information content (AvgIpc) is 2.44. The van der Waals surface area contributed by atoms with E-state index >= 15 is 0 Å². The molecule has 0 aromatic heterocycles. The second-order valence-corrected chi connectivity index (χ2v) is 2.37. The molecule has 1 rings (SSSR count). The van der Waals surface area contributed by atoms with E-state index in [0.717, 1.165) is 11.3 Å². The lowest BCUT2D eigenvalue weighted by atomic mass is 10.1. The summed E-state index contributed by atoms with van der Waals surface area (Å²) in [7, 11) is 0. The second kappa shape index (κ2) is 1.87. The van der Waals surface area contributed by atoms with E-state index in [1.54, 1.807) is 6.92 Å². The van der Waals surface area contributed by atoms with Crippen molar-refractivity contribution in [2.75, 3.05) is 0 Å². The summed E-state index contributed by atoms with van der Waals surface area (Å²) >= 11 is 0. The Labute approximate surface area is 54.9 Å². The van der Waals surface area contributed by atoms with Crippen LogP contribution in [-0.4, -0.2) is 11.8 Å². The SMILES string of the molecule is CC([O-])=C(C)C1=NC1C. The summed E-state index contributed by atoms with van der Waals surface area (Å²) in [5.74, 6) is 0.137. The molecule has 0 saturated heterocycles. The van der Waals surface area contributed by atoms with Crippen LogP contribution in [0.2, 0.25) is 0 Å². The first-order chi connectivity index (χ1) is 4.13. The van der Waals surface area contributed by atoms with E-state index in [9.17, 15) is 5.11 Å². The molecule has 0 saturated carbocycles. The number of hydrogen-bond acceptors (Lipinski definition) is 2. The molecule has 0 aliphatic carbocycles. The van der Waals surface area contributed by atoms with E-state index < -0.39 is 0 Å². The smallest absolute Gasteiger partial charge is 0.0894 e. The third-order valence-corrected chi connectivity index (χ3v) is 1.57. The van der Waals surface area contributed by atoms with E-state index in [4.69, 9.17) is 0 Å². The fraction of sp³-hybridized carbons (Fsp3) is 0.571. The zero-order chi connectivity index (χ0) is 7.02. The molecular weight excluding hydrogens is 114 g/mol. The molecule has 0 radical (unpaired) electrons. The Bertz CT molecular complexity index is 187. The van der Waals surface area contributed by atoms with Gasteiger partial charge in [0, 0.05) is 0 Å². The average molecular weight is 124 g/mol. The van der Waals surface area contributed by atoms with Gasteiger partial charge in [-0.1, -0.05) is 6.92 Å². The topological polar surface area (TPSA) is 35.4 Å². The Morgan fingerprint density at radius 1 is 1.56 bits per heavy atom. The number of nitrogens with zero attached hydrogens (tertiary/aromatic N) is 1. The lowest BCUT2D eigenvalue weighted by Gasteiger charge is -2.06. The first-order valence-electron chi connectivity index (χ1n) is 3.05. The molecule has 0 spiro atoms. The van der Waals surface area contributed by atoms with Gasteiger partial charge in [0.25, 0.3) is 0 Å². The van der Waals surface area contributed by atoms with Crippen molar-refractivity contribution >= 4 is 5.71 Å². The minimum atomic E-state index is 0.137. The number of hydrogen-bond donors (Lipinski definition) is 0. The summed E-state index contributed by atoms with van der Waals surface area (Å²) < 4.78 is 0. The number of aliphatic imine (C=N–C) groups is 1. The first-order valence-corrected chi connectivity index (χ1v) is 3.05. The van der Waals surface area contributed by atoms with Crippen LogP contribution < -0.4 is 5.11 Å². The number of rotatable bonds is 1. The maximum Gasteiger partial charge on any atom is 0.0894 e. The zero-order valence-corrected chi connectivity index (χ0v) is 5.93. The fourth-order valence-corrected chi connectivity index (χ4v) is 0.762. The van der Waals surface area contributed by atoms with Crippen LogP contribution >= 0.6 is 0 Å². The van der Waals surface area contributed by atoms with E-state index in [-0.39, 0.29) is 5.76 Å². The summed E-state index contributed by atoms with van der Waals surface area (Å²) in [4.78, 5) is 4.04. The van der Waals surface area contributed by atoms with Gasteiger partial charge in [0.05, 0.1) is 11.8 Å². The molecule has 50 valence electrons.